The molecule has 3 unspecified atom stereocenters. The van der Waals surface area contributed by atoms with Crippen LogP contribution in [0.3, 0.4) is 0 Å². The molecule has 6 nitrogen and oxygen atoms in total. The Kier molecular flexibility index (Phi) is 9.51. The van der Waals surface area contributed by atoms with Crippen molar-refractivity contribution in [2.24, 2.45) is 22.2 Å². The largest absolute Gasteiger partial charge is 0.379 e. The molecule has 0 bridgehead atoms. The molecular formula is C22H44N4O2. The SMILES string of the molecule is CN=C(NCC1CCCOC1C(C)(C)C)NCC(CC(C)C)N1CCOCC1. The summed E-state index contributed by atoms with van der Waals surface area (Å²) in [5.74, 6) is 2.11. The van der Waals surface area contributed by atoms with E-state index in [4.69, 9.17) is 9.47 Å². The molecule has 28 heavy (non-hydrogen) atoms. The number of aliphatic imine (C=N–C) groups is 1. The summed E-state index contributed by atoms with van der Waals surface area (Å²) in [6.07, 6.45) is 3.86. The predicted molar refractivity (Wildman–Crippen MR) is 117 cm³/mol. The van der Waals surface area contributed by atoms with Gasteiger partial charge in [0.05, 0.1) is 19.3 Å². The van der Waals surface area contributed by atoms with Gasteiger partial charge >= 0.3 is 0 Å². The van der Waals surface area contributed by atoms with Crippen LogP contribution in [0.25, 0.3) is 0 Å². The number of hydrogen-bond acceptors (Lipinski definition) is 4. The monoisotopic (exact) mass is 396 g/mol. The van der Waals surface area contributed by atoms with Gasteiger partial charge in [-0.15, -0.1) is 0 Å². The number of hydrogen-bond donors (Lipinski definition) is 2. The maximum absolute atomic E-state index is 6.12. The van der Waals surface area contributed by atoms with Gasteiger partial charge in [0.15, 0.2) is 5.96 Å². The van der Waals surface area contributed by atoms with E-state index in [9.17, 15) is 0 Å². The van der Waals surface area contributed by atoms with Crippen LogP contribution in [0, 0.1) is 17.3 Å². The van der Waals surface area contributed by atoms with E-state index in [1.807, 2.05) is 7.05 Å². The Morgan fingerprint density at radius 3 is 2.46 bits per heavy atom. The number of ether oxygens (including phenoxy) is 2. The lowest BCUT2D eigenvalue weighted by Crippen LogP contribution is -2.52. The van der Waals surface area contributed by atoms with Crippen molar-refractivity contribution >= 4 is 5.96 Å². The molecule has 0 aromatic carbocycles. The first-order chi connectivity index (χ1) is 13.3. The Hall–Kier alpha value is -0.850. The van der Waals surface area contributed by atoms with E-state index in [2.05, 4.69) is 55.1 Å². The van der Waals surface area contributed by atoms with Gasteiger partial charge in [-0.25, -0.2) is 0 Å². The molecule has 2 saturated heterocycles. The fourth-order valence-corrected chi connectivity index (χ4v) is 4.52. The molecule has 164 valence electrons. The smallest absolute Gasteiger partial charge is 0.191 e. The summed E-state index contributed by atoms with van der Waals surface area (Å²) < 4.78 is 11.7. The average molecular weight is 397 g/mol. The van der Waals surface area contributed by atoms with Gasteiger partial charge < -0.3 is 20.1 Å². The molecule has 3 atom stereocenters. The second-order valence-electron chi connectivity index (χ2n) is 9.83. The van der Waals surface area contributed by atoms with Gasteiger partial charge in [0, 0.05) is 51.8 Å². The summed E-state index contributed by atoms with van der Waals surface area (Å²) in [4.78, 5) is 7.03. The normalized spacial score (nSPS) is 26.3. The third-order valence-corrected chi connectivity index (χ3v) is 5.86. The lowest BCUT2D eigenvalue weighted by molar-refractivity contribution is -0.0835. The second-order valence-corrected chi connectivity index (χ2v) is 9.83. The van der Waals surface area contributed by atoms with Gasteiger partial charge in [-0.3, -0.25) is 9.89 Å². The molecule has 0 aromatic rings. The van der Waals surface area contributed by atoms with Crippen molar-refractivity contribution in [2.45, 2.75) is 66.0 Å². The van der Waals surface area contributed by atoms with Crippen LogP contribution in [0.2, 0.25) is 0 Å². The highest BCUT2D eigenvalue weighted by molar-refractivity contribution is 5.79. The van der Waals surface area contributed by atoms with Gasteiger partial charge in [0.2, 0.25) is 0 Å². The molecule has 0 amide bonds. The molecule has 2 N–H and O–H groups in total. The number of rotatable bonds is 7. The van der Waals surface area contributed by atoms with Crippen molar-refractivity contribution in [1.29, 1.82) is 0 Å². The van der Waals surface area contributed by atoms with Gasteiger partial charge in [0.1, 0.15) is 0 Å². The fourth-order valence-electron chi connectivity index (χ4n) is 4.52. The molecule has 2 aliphatic heterocycles. The van der Waals surface area contributed by atoms with E-state index in [-0.39, 0.29) is 5.41 Å². The van der Waals surface area contributed by atoms with Crippen molar-refractivity contribution < 1.29 is 9.47 Å². The lowest BCUT2D eigenvalue weighted by atomic mass is 9.78. The molecule has 0 saturated carbocycles. The van der Waals surface area contributed by atoms with Crippen LogP contribution in [0.4, 0.5) is 0 Å². The zero-order chi connectivity index (χ0) is 20.6. The molecule has 0 aliphatic carbocycles. The topological polar surface area (TPSA) is 58.1 Å². The van der Waals surface area contributed by atoms with E-state index in [1.165, 1.54) is 12.8 Å². The molecule has 2 fully saturated rings. The first-order valence-corrected chi connectivity index (χ1v) is 11.2. The van der Waals surface area contributed by atoms with Crippen molar-refractivity contribution in [3.63, 3.8) is 0 Å². The lowest BCUT2D eigenvalue weighted by Gasteiger charge is -2.40. The Morgan fingerprint density at radius 1 is 1.14 bits per heavy atom. The molecule has 2 rings (SSSR count). The summed E-state index contributed by atoms with van der Waals surface area (Å²) in [6.45, 7) is 17.9. The molecule has 2 aliphatic rings. The number of morpholine rings is 1. The maximum atomic E-state index is 6.12. The van der Waals surface area contributed by atoms with E-state index < -0.39 is 0 Å². The van der Waals surface area contributed by atoms with Gasteiger partial charge in [0.25, 0.3) is 0 Å². The summed E-state index contributed by atoms with van der Waals surface area (Å²) in [5.41, 5.74) is 0.169. The molecule has 0 aromatic heterocycles. The minimum atomic E-state index is 0.169. The van der Waals surface area contributed by atoms with Crippen LogP contribution in [0.5, 0.6) is 0 Å². The predicted octanol–water partition coefficient (Wildman–Crippen LogP) is 2.74. The van der Waals surface area contributed by atoms with E-state index in [0.717, 1.165) is 58.4 Å². The zero-order valence-electron chi connectivity index (χ0n) is 19.1. The van der Waals surface area contributed by atoms with Crippen LogP contribution in [-0.2, 0) is 9.47 Å². The summed E-state index contributed by atoms with van der Waals surface area (Å²) >= 11 is 0. The Bertz CT molecular complexity index is 470. The first-order valence-electron chi connectivity index (χ1n) is 11.2. The van der Waals surface area contributed by atoms with Gasteiger partial charge in [-0.2, -0.15) is 0 Å². The highest BCUT2D eigenvalue weighted by Crippen LogP contribution is 2.33. The van der Waals surface area contributed by atoms with Crippen molar-refractivity contribution in [2.75, 3.05) is 53.0 Å². The van der Waals surface area contributed by atoms with Gasteiger partial charge in [-0.1, -0.05) is 34.6 Å². The molecule has 6 heteroatoms. The van der Waals surface area contributed by atoms with Crippen LogP contribution in [0.15, 0.2) is 4.99 Å². The Balaban J connectivity index is 1.86. The quantitative estimate of drug-likeness (QED) is 0.512. The van der Waals surface area contributed by atoms with Gasteiger partial charge in [-0.05, 0) is 30.6 Å². The standard InChI is InChI=1S/C22H44N4O2/c1-17(2)14-19(26-9-12-27-13-10-26)16-25-21(23-6)24-15-18-8-7-11-28-20(18)22(3,4)5/h17-20H,7-16H2,1-6H3,(H2,23,24,25). The first kappa shape index (κ1) is 23.4. The van der Waals surface area contributed by atoms with E-state index in [0.29, 0.717) is 24.0 Å². The minimum Gasteiger partial charge on any atom is -0.379 e. The summed E-state index contributed by atoms with van der Waals surface area (Å²) in [6, 6.07) is 0.516. The maximum Gasteiger partial charge on any atom is 0.191 e. The average Bonchev–Trinajstić information content (AvgIpc) is 2.67. The fraction of sp³-hybridized carbons (Fsp3) is 0.955. The summed E-state index contributed by atoms with van der Waals surface area (Å²) in [7, 11) is 1.86. The highest BCUT2D eigenvalue weighted by atomic mass is 16.5. The van der Waals surface area contributed by atoms with E-state index >= 15 is 0 Å². The number of nitrogens with zero attached hydrogens (tertiary/aromatic N) is 2. The molecule has 0 spiro atoms. The Morgan fingerprint density at radius 2 is 1.86 bits per heavy atom. The third kappa shape index (κ3) is 7.53. The minimum absolute atomic E-state index is 0.169. The zero-order valence-corrected chi connectivity index (χ0v) is 19.1. The molecular weight excluding hydrogens is 352 g/mol. The van der Waals surface area contributed by atoms with Crippen molar-refractivity contribution in [1.82, 2.24) is 15.5 Å². The third-order valence-electron chi connectivity index (χ3n) is 5.86. The number of nitrogens with one attached hydrogen (secondary N) is 2. The summed E-state index contributed by atoms with van der Waals surface area (Å²) in [5, 5.41) is 7.15. The highest BCUT2D eigenvalue weighted by Gasteiger charge is 2.35. The molecule has 0 radical (unpaired) electrons. The second kappa shape index (κ2) is 11.4. The van der Waals surface area contributed by atoms with Crippen LogP contribution < -0.4 is 10.6 Å². The van der Waals surface area contributed by atoms with E-state index in [1.54, 1.807) is 0 Å². The van der Waals surface area contributed by atoms with Crippen molar-refractivity contribution in [3.8, 4) is 0 Å². The number of guanidine groups is 1. The van der Waals surface area contributed by atoms with Crippen LogP contribution in [0.1, 0.15) is 53.9 Å². The molecule has 2 heterocycles. The van der Waals surface area contributed by atoms with Crippen molar-refractivity contribution in [3.05, 3.63) is 0 Å². The van der Waals surface area contributed by atoms with Crippen LogP contribution in [-0.4, -0.2) is 76.1 Å². The Labute approximate surface area is 172 Å². The van der Waals surface area contributed by atoms with Crippen LogP contribution >= 0.6 is 0 Å².